The molecule has 0 aliphatic heterocycles. The SMILES string of the molecule is COC[C@@H]1C[C@H]1c1cc(C(=O)NS(C)(=O)=O)c(F)cc1OCC12CC3CC(CC(C3)C1)C2. The van der Waals surface area contributed by atoms with E-state index < -0.39 is 21.7 Å². The smallest absolute Gasteiger partial charge is 0.267 e. The molecule has 6 nitrogen and oxygen atoms in total. The molecule has 32 heavy (non-hydrogen) atoms. The van der Waals surface area contributed by atoms with Crippen LogP contribution in [0.5, 0.6) is 5.75 Å². The van der Waals surface area contributed by atoms with E-state index in [-0.39, 0.29) is 22.8 Å². The van der Waals surface area contributed by atoms with Crippen LogP contribution in [-0.4, -0.2) is 40.9 Å². The molecule has 0 aromatic heterocycles. The zero-order valence-electron chi connectivity index (χ0n) is 18.7. The van der Waals surface area contributed by atoms with Gasteiger partial charge < -0.3 is 9.47 Å². The fraction of sp³-hybridized carbons (Fsp3) is 0.708. The first-order chi connectivity index (χ1) is 15.1. The van der Waals surface area contributed by atoms with Gasteiger partial charge in [-0.2, -0.15) is 0 Å². The maximum Gasteiger partial charge on any atom is 0.267 e. The zero-order chi connectivity index (χ0) is 22.7. The summed E-state index contributed by atoms with van der Waals surface area (Å²) in [5, 5.41) is 0. The number of carbonyl (C=O) groups excluding carboxylic acids is 1. The van der Waals surface area contributed by atoms with Crippen molar-refractivity contribution in [2.75, 3.05) is 26.6 Å². The summed E-state index contributed by atoms with van der Waals surface area (Å²) >= 11 is 0. The number of ether oxygens (including phenoxy) is 2. The van der Waals surface area contributed by atoms with Crippen LogP contribution in [0.25, 0.3) is 0 Å². The minimum absolute atomic E-state index is 0.117. The van der Waals surface area contributed by atoms with Gasteiger partial charge in [0.1, 0.15) is 11.6 Å². The lowest BCUT2D eigenvalue weighted by Gasteiger charge is -2.56. The summed E-state index contributed by atoms with van der Waals surface area (Å²) in [5.74, 6) is 1.58. The van der Waals surface area contributed by atoms with Gasteiger partial charge in [0.25, 0.3) is 5.91 Å². The number of sulfonamides is 1. The molecule has 6 rings (SSSR count). The third-order valence-corrected chi connectivity index (χ3v) is 8.58. The Bertz CT molecular complexity index is 988. The number of halogens is 1. The largest absolute Gasteiger partial charge is 0.493 e. The molecular formula is C24H32FNO5S. The van der Waals surface area contributed by atoms with E-state index in [9.17, 15) is 17.6 Å². The molecule has 1 aromatic rings. The predicted octanol–water partition coefficient (Wildman–Crippen LogP) is 3.86. The highest BCUT2D eigenvalue weighted by atomic mass is 32.2. The van der Waals surface area contributed by atoms with Gasteiger partial charge in [-0.25, -0.2) is 17.5 Å². The summed E-state index contributed by atoms with van der Waals surface area (Å²) in [6.45, 7) is 1.17. The molecule has 5 saturated carbocycles. The predicted molar refractivity (Wildman–Crippen MR) is 118 cm³/mol. The van der Waals surface area contributed by atoms with Crippen LogP contribution in [0.3, 0.4) is 0 Å². The highest BCUT2D eigenvalue weighted by molar-refractivity contribution is 7.89. The van der Waals surface area contributed by atoms with Gasteiger partial charge in [-0.15, -0.1) is 0 Å². The molecule has 0 radical (unpaired) electrons. The van der Waals surface area contributed by atoms with Gasteiger partial charge in [-0.3, -0.25) is 4.79 Å². The number of hydrogen-bond acceptors (Lipinski definition) is 5. The lowest BCUT2D eigenvalue weighted by molar-refractivity contribution is -0.0747. The Hall–Kier alpha value is -1.67. The molecule has 0 saturated heterocycles. The van der Waals surface area contributed by atoms with Crippen LogP contribution in [0.4, 0.5) is 4.39 Å². The highest BCUT2D eigenvalue weighted by Crippen LogP contribution is 2.60. The van der Waals surface area contributed by atoms with Crippen molar-refractivity contribution in [2.24, 2.45) is 29.1 Å². The summed E-state index contributed by atoms with van der Waals surface area (Å²) in [4.78, 5) is 12.4. The van der Waals surface area contributed by atoms with Gasteiger partial charge in [-0.05, 0) is 86.2 Å². The van der Waals surface area contributed by atoms with E-state index in [1.165, 1.54) is 50.7 Å². The maximum atomic E-state index is 14.9. The third-order valence-electron chi connectivity index (χ3n) is 8.02. The first-order valence-electron chi connectivity index (χ1n) is 11.6. The summed E-state index contributed by atoms with van der Waals surface area (Å²) in [6, 6.07) is 2.75. The van der Waals surface area contributed by atoms with Crippen molar-refractivity contribution in [3.8, 4) is 5.75 Å². The van der Waals surface area contributed by atoms with Crippen molar-refractivity contribution < 1.29 is 27.1 Å². The first kappa shape index (κ1) is 22.1. The van der Waals surface area contributed by atoms with Crippen molar-refractivity contribution >= 4 is 15.9 Å². The maximum absolute atomic E-state index is 14.9. The van der Waals surface area contributed by atoms with E-state index in [2.05, 4.69) is 0 Å². The van der Waals surface area contributed by atoms with Crippen LogP contribution in [0, 0.1) is 34.9 Å². The molecule has 0 spiro atoms. The minimum atomic E-state index is -3.79. The third kappa shape index (κ3) is 4.40. The Morgan fingerprint density at radius 3 is 2.31 bits per heavy atom. The lowest BCUT2D eigenvalue weighted by Crippen LogP contribution is -2.48. The van der Waals surface area contributed by atoms with Crippen molar-refractivity contribution in [2.45, 2.75) is 50.9 Å². The first-order valence-corrected chi connectivity index (χ1v) is 13.5. The number of nitrogens with one attached hydrogen (secondary N) is 1. The lowest BCUT2D eigenvalue weighted by atomic mass is 9.50. The molecule has 0 heterocycles. The van der Waals surface area contributed by atoms with Gasteiger partial charge in [0.05, 0.1) is 18.4 Å². The number of hydrogen-bond donors (Lipinski definition) is 1. The molecule has 1 N–H and O–H groups in total. The van der Waals surface area contributed by atoms with Gasteiger partial charge in [0, 0.05) is 25.2 Å². The summed E-state index contributed by atoms with van der Waals surface area (Å²) in [6.07, 6.45) is 9.39. The van der Waals surface area contributed by atoms with Crippen molar-refractivity contribution in [3.63, 3.8) is 0 Å². The van der Waals surface area contributed by atoms with E-state index in [0.717, 1.165) is 36.0 Å². The Morgan fingerprint density at radius 1 is 1.12 bits per heavy atom. The van der Waals surface area contributed by atoms with Crippen LogP contribution in [0.1, 0.15) is 66.8 Å². The van der Waals surface area contributed by atoms with Gasteiger partial charge in [0.15, 0.2) is 0 Å². The van der Waals surface area contributed by atoms with Crippen molar-refractivity contribution in [1.29, 1.82) is 0 Å². The van der Waals surface area contributed by atoms with Gasteiger partial charge >= 0.3 is 0 Å². The standard InChI is InChI=1S/C24H32FNO5S/c1-30-12-17-6-18(17)19-7-20(23(27)26-32(2,28)29)21(25)8-22(19)31-13-24-9-14-3-15(10-24)5-16(4-14)11-24/h7-8,14-18H,3-6,9-13H2,1-2H3,(H,26,27)/t14?,15?,16?,17-,18+,24?/m0/s1. The molecule has 5 aliphatic carbocycles. The van der Waals surface area contributed by atoms with E-state index in [1.54, 1.807) is 7.11 Å². The van der Waals surface area contributed by atoms with Crippen molar-refractivity contribution in [3.05, 3.63) is 29.1 Å². The monoisotopic (exact) mass is 465 g/mol. The van der Waals surface area contributed by atoms with Crippen LogP contribution >= 0.6 is 0 Å². The topological polar surface area (TPSA) is 81.7 Å². The van der Waals surface area contributed by atoms with Crippen molar-refractivity contribution in [1.82, 2.24) is 4.72 Å². The number of amides is 1. The van der Waals surface area contributed by atoms with Gasteiger partial charge in [-0.1, -0.05) is 0 Å². The number of rotatable bonds is 8. The van der Waals surface area contributed by atoms with Crippen LogP contribution in [0.2, 0.25) is 0 Å². The average molecular weight is 466 g/mol. The zero-order valence-corrected chi connectivity index (χ0v) is 19.5. The molecule has 5 aliphatic rings. The Morgan fingerprint density at radius 2 is 1.75 bits per heavy atom. The fourth-order valence-electron chi connectivity index (χ4n) is 7.11. The molecule has 4 bridgehead atoms. The van der Waals surface area contributed by atoms with E-state index in [1.807, 2.05) is 4.72 Å². The molecule has 0 unspecified atom stereocenters. The highest BCUT2D eigenvalue weighted by Gasteiger charge is 2.51. The van der Waals surface area contributed by atoms with E-state index in [4.69, 9.17) is 9.47 Å². The molecule has 5 fully saturated rings. The number of methoxy groups -OCH3 is 1. The Labute approximate surface area is 189 Å². The second kappa shape index (κ2) is 7.97. The van der Waals surface area contributed by atoms with E-state index >= 15 is 0 Å². The Balaban J connectivity index is 1.40. The summed E-state index contributed by atoms with van der Waals surface area (Å²) in [7, 11) is -2.14. The van der Waals surface area contributed by atoms with Crippen LogP contribution in [0.15, 0.2) is 12.1 Å². The quantitative estimate of drug-likeness (QED) is 0.631. The van der Waals surface area contributed by atoms with Gasteiger partial charge in [0.2, 0.25) is 10.0 Å². The van der Waals surface area contributed by atoms with E-state index in [0.29, 0.717) is 19.0 Å². The minimum Gasteiger partial charge on any atom is -0.493 e. The summed E-state index contributed by atoms with van der Waals surface area (Å²) < 4.78 is 51.3. The second-order valence-corrected chi connectivity index (χ2v) is 12.6. The second-order valence-electron chi connectivity index (χ2n) is 10.8. The molecule has 1 aromatic carbocycles. The normalized spacial score (nSPS) is 35.0. The fourth-order valence-corrected chi connectivity index (χ4v) is 7.56. The van der Waals surface area contributed by atoms with Crippen LogP contribution in [-0.2, 0) is 14.8 Å². The molecular weight excluding hydrogens is 433 g/mol. The molecule has 8 heteroatoms. The average Bonchev–Trinajstić information content (AvgIpc) is 3.43. The summed E-state index contributed by atoms with van der Waals surface area (Å²) in [5.41, 5.74) is 0.692. The Kier molecular flexibility index (Phi) is 5.52. The molecule has 1 amide bonds. The molecule has 2 atom stereocenters. The number of carbonyl (C=O) groups is 1. The number of benzene rings is 1. The molecule has 176 valence electrons. The van der Waals surface area contributed by atoms with Crippen LogP contribution < -0.4 is 9.46 Å².